The third-order valence-electron chi connectivity index (χ3n) is 4.30. The van der Waals surface area contributed by atoms with Gasteiger partial charge in [-0.25, -0.2) is 0 Å². The average molecular weight is 380 g/mol. The molecule has 0 saturated carbocycles. The first kappa shape index (κ1) is 18.6. The fraction of sp³-hybridized carbons (Fsp3) is 0.150. The molecule has 0 unspecified atom stereocenters. The fourth-order valence-corrected chi connectivity index (χ4v) is 3.00. The Morgan fingerprint density at radius 2 is 1.67 bits per heavy atom. The van der Waals surface area contributed by atoms with Gasteiger partial charge in [0.25, 0.3) is 0 Å². The van der Waals surface area contributed by atoms with Crippen molar-refractivity contribution in [1.29, 1.82) is 5.41 Å². The summed E-state index contributed by atoms with van der Waals surface area (Å²) in [5, 5.41) is 7.46. The van der Waals surface area contributed by atoms with Gasteiger partial charge in [-0.2, -0.15) is 0 Å². The van der Waals surface area contributed by atoms with Gasteiger partial charge in [0.05, 0.1) is 19.2 Å². The van der Waals surface area contributed by atoms with Gasteiger partial charge in [0.15, 0.2) is 4.77 Å². The standard InChI is InChI=1S/C20H20N4O2S/c1-26-18(25)10-11-24-12-17(23-20(24)27)15-6-2-13(3-7-15)14-4-8-16(9-5-14)19(21)22/h2-9,12H,10-11H2,1H3,(H3,21,22)(H,23,27). The number of ether oxygens (including phenoxy) is 1. The van der Waals surface area contributed by atoms with Gasteiger partial charge in [-0.05, 0) is 28.9 Å². The predicted octanol–water partition coefficient (Wildman–Crippen LogP) is 3.73. The van der Waals surface area contributed by atoms with Crippen LogP contribution >= 0.6 is 12.2 Å². The highest BCUT2D eigenvalue weighted by Crippen LogP contribution is 2.24. The molecule has 4 N–H and O–H groups in total. The molecule has 0 radical (unpaired) electrons. The van der Waals surface area contributed by atoms with Crippen molar-refractivity contribution in [3.63, 3.8) is 0 Å². The number of rotatable bonds is 6. The second kappa shape index (κ2) is 8.01. The van der Waals surface area contributed by atoms with Crippen LogP contribution in [0.3, 0.4) is 0 Å². The molecule has 0 aliphatic carbocycles. The molecule has 1 aromatic heterocycles. The highest BCUT2D eigenvalue weighted by molar-refractivity contribution is 7.71. The molecule has 0 saturated heterocycles. The lowest BCUT2D eigenvalue weighted by atomic mass is 10.0. The van der Waals surface area contributed by atoms with Gasteiger partial charge in [0.1, 0.15) is 5.84 Å². The number of hydrogen-bond donors (Lipinski definition) is 3. The van der Waals surface area contributed by atoms with E-state index in [9.17, 15) is 4.79 Å². The minimum Gasteiger partial charge on any atom is -0.469 e. The van der Waals surface area contributed by atoms with Crippen LogP contribution in [0.15, 0.2) is 54.7 Å². The first-order chi connectivity index (χ1) is 13.0. The summed E-state index contributed by atoms with van der Waals surface area (Å²) in [7, 11) is 1.37. The zero-order chi connectivity index (χ0) is 19.4. The van der Waals surface area contributed by atoms with Crippen LogP contribution in [0, 0.1) is 10.2 Å². The number of nitrogen functional groups attached to an aromatic ring is 1. The SMILES string of the molecule is COC(=O)CCn1cc(-c2ccc(-c3ccc(C(=N)N)cc3)cc2)[nH]c1=S. The monoisotopic (exact) mass is 380 g/mol. The van der Waals surface area contributed by atoms with Gasteiger partial charge in [0, 0.05) is 18.3 Å². The van der Waals surface area contributed by atoms with Gasteiger partial charge in [-0.1, -0.05) is 48.5 Å². The van der Waals surface area contributed by atoms with E-state index < -0.39 is 0 Å². The Hall–Kier alpha value is -3.19. The van der Waals surface area contributed by atoms with Crippen LogP contribution < -0.4 is 5.73 Å². The number of aryl methyl sites for hydroxylation is 1. The number of aromatic amines is 1. The Balaban J connectivity index is 1.78. The Morgan fingerprint density at radius 1 is 1.11 bits per heavy atom. The van der Waals surface area contributed by atoms with Crippen LogP contribution in [0.25, 0.3) is 22.4 Å². The second-order valence-corrected chi connectivity index (χ2v) is 6.45. The van der Waals surface area contributed by atoms with Gasteiger partial charge in [0.2, 0.25) is 0 Å². The van der Waals surface area contributed by atoms with E-state index in [1.165, 1.54) is 7.11 Å². The van der Waals surface area contributed by atoms with Crippen molar-refractivity contribution in [3.05, 3.63) is 65.1 Å². The third-order valence-corrected chi connectivity index (χ3v) is 4.63. The summed E-state index contributed by atoms with van der Waals surface area (Å²) in [6.45, 7) is 0.475. The number of nitrogens with two attached hydrogens (primary N) is 1. The molecule has 1 heterocycles. The number of H-pyrrole nitrogens is 1. The number of imidazole rings is 1. The van der Waals surface area contributed by atoms with Crippen LogP contribution in [0.2, 0.25) is 0 Å². The van der Waals surface area contributed by atoms with Gasteiger partial charge in [-0.3, -0.25) is 10.2 Å². The predicted molar refractivity (Wildman–Crippen MR) is 108 cm³/mol. The molecular weight excluding hydrogens is 360 g/mol. The molecule has 3 rings (SSSR count). The van der Waals surface area contributed by atoms with E-state index >= 15 is 0 Å². The Bertz CT molecular complexity index is 1020. The van der Waals surface area contributed by atoms with E-state index in [1.54, 1.807) is 0 Å². The summed E-state index contributed by atoms with van der Waals surface area (Å²) < 4.78 is 7.06. The number of carbonyl (C=O) groups is 1. The summed E-state index contributed by atoms with van der Waals surface area (Å²) in [6.07, 6.45) is 2.18. The molecule has 7 heteroatoms. The van der Waals surface area contributed by atoms with E-state index in [1.807, 2.05) is 59.3 Å². The maximum atomic E-state index is 11.3. The number of hydrogen-bond acceptors (Lipinski definition) is 4. The largest absolute Gasteiger partial charge is 0.469 e. The number of aromatic nitrogens is 2. The summed E-state index contributed by atoms with van der Waals surface area (Å²) in [5.74, 6) is -0.205. The number of amidine groups is 1. The molecular formula is C20H20N4O2S. The molecule has 2 aromatic carbocycles. The lowest BCUT2D eigenvalue weighted by Crippen LogP contribution is -2.10. The molecule has 6 nitrogen and oxygen atoms in total. The van der Waals surface area contributed by atoms with Gasteiger partial charge in [-0.15, -0.1) is 0 Å². The third kappa shape index (κ3) is 4.32. The number of carbonyl (C=O) groups excluding carboxylic acids is 1. The summed E-state index contributed by atoms with van der Waals surface area (Å²) in [6, 6.07) is 15.7. The molecule has 0 aliphatic rings. The first-order valence-electron chi connectivity index (χ1n) is 8.39. The van der Waals surface area contributed by atoms with Gasteiger partial charge >= 0.3 is 5.97 Å². The van der Waals surface area contributed by atoms with Crippen LogP contribution in [-0.4, -0.2) is 28.5 Å². The second-order valence-electron chi connectivity index (χ2n) is 6.06. The van der Waals surface area contributed by atoms with E-state index in [4.69, 9.17) is 23.4 Å². The number of esters is 1. The van der Waals surface area contributed by atoms with E-state index in [-0.39, 0.29) is 18.2 Å². The van der Waals surface area contributed by atoms with E-state index in [0.29, 0.717) is 16.9 Å². The van der Waals surface area contributed by atoms with Crippen molar-refractivity contribution < 1.29 is 9.53 Å². The summed E-state index contributed by atoms with van der Waals surface area (Å²) in [4.78, 5) is 14.5. The smallest absolute Gasteiger partial charge is 0.307 e. The Kier molecular flexibility index (Phi) is 5.52. The minimum atomic E-state index is -0.264. The van der Waals surface area contributed by atoms with Crippen LogP contribution in [0.4, 0.5) is 0 Å². The molecule has 0 fully saturated rings. The van der Waals surface area contributed by atoms with Crippen molar-refractivity contribution in [2.24, 2.45) is 5.73 Å². The zero-order valence-electron chi connectivity index (χ0n) is 14.9. The quantitative estimate of drug-likeness (QED) is 0.263. The topological polar surface area (TPSA) is 96.9 Å². The number of benzene rings is 2. The molecule has 0 spiro atoms. The lowest BCUT2D eigenvalue weighted by Gasteiger charge is -2.05. The van der Waals surface area contributed by atoms with Crippen LogP contribution in [-0.2, 0) is 16.1 Å². The molecule has 27 heavy (non-hydrogen) atoms. The normalized spacial score (nSPS) is 10.6. The maximum Gasteiger partial charge on any atom is 0.307 e. The maximum absolute atomic E-state index is 11.3. The number of nitrogens with one attached hydrogen (secondary N) is 2. The van der Waals surface area contributed by atoms with Crippen molar-refractivity contribution in [1.82, 2.24) is 9.55 Å². The molecule has 3 aromatic rings. The van der Waals surface area contributed by atoms with Crippen LogP contribution in [0.5, 0.6) is 0 Å². The van der Waals surface area contributed by atoms with E-state index in [2.05, 4.69) is 9.72 Å². The highest BCUT2D eigenvalue weighted by Gasteiger charge is 2.07. The van der Waals surface area contributed by atoms with Crippen molar-refractivity contribution in [2.75, 3.05) is 7.11 Å². The fourth-order valence-electron chi connectivity index (χ4n) is 2.74. The van der Waals surface area contributed by atoms with Crippen LogP contribution in [0.1, 0.15) is 12.0 Å². The summed E-state index contributed by atoms with van der Waals surface area (Å²) in [5.41, 5.74) is 10.2. The molecule has 0 aliphatic heterocycles. The molecule has 138 valence electrons. The average Bonchev–Trinajstić information content (AvgIpc) is 3.07. The van der Waals surface area contributed by atoms with Crippen molar-refractivity contribution >= 4 is 24.0 Å². The van der Waals surface area contributed by atoms with Crippen molar-refractivity contribution in [3.8, 4) is 22.4 Å². The molecule has 0 atom stereocenters. The van der Waals surface area contributed by atoms with Gasteiger partial charge < -0.3 is 20.0 Å². The molecule has 0 amide bonds. The minimum absolute atomic E-state index is 0.0591. The van der Waals surface area contributed by atoms with Crippen molar-refractivity contribution in [2.45, 2.75) is 13.0 Å². The highest BCUT2D eigenvalue weighted by atomic mass is 32.1. The number of nitrogens with zero attached hydrogens (tertiary/aromatic N) is 1. The lowest BCUT2D eigenvalue weighted by molar-refractivity contribution is -0.140. The first-order valence-corrected chi connectivity index (χ1v) is 8.80. The number of methoxy groups -OCH3 is 1. The molecule has 0 bridgehead atoms. The Morgan fingerprint density at radius 3 is 2.22 bits per heavy atom. The Labute approximate surface area is 162 Å². The summed E-state index contributed by atoms with van der Waals surface area (Å²) >= 11 is 5.32. The zero-order valence-corrected chi connectivity index (χ0v) is 15.7. The van der Waals surface area contributed by atoms with E-state index in [0.717, 1.165) is 22.4 Å².